The van der Waals surface area contributed by atoms with Crippen molar-refractivity contribution in [2.75, 3.05) is 13.7 Å². The Morgan fingerprint density at radius 1 is 1.32 bits per heavy atom. The van der Waals surface area contributed by atoms with Gasteiger partial charge in [-0.1, -0.05) is 6.07 Å². The van der Waals surface area contributed by atoms with Crippen LogP contribution in [0.5, 0.6) is 5.75 Å². The van der Waals surface area contributed by atoms with Gasteiger partial charge in [-0.15, -0.1) is 0 Å². The molecule has 1 N–H and O–H groups in total. The number of hydrogen-bond donors (Lipinski definition) is 1. The van der Waals surface area contributed by atoms with Crippen molar-refractivity contribution in [1.82, 2.24) is 9.88 Å². The van der Waals surface area contributed by atoms with Crippen molar-refractivity contribution in [3.8, 4) is 5.75 Å². The minimum Gasteiger partial charge on any atom is -0.495 e. The summed E-state index contributed by atoms with van der Waals surface area (Å²) in [6, 6.07) is 6.45. The van der Waals surface area contributed by atoms with E-state index in [2.05, 4.69) is 4.98 Å². The number of amides is 1. The highest BCUT2D eigenvalue weighted by Gasteiger charge is 2.35. The summed E-state index contributed by atoms with van der Waals surface area (Å²) in [6.45, 7) is 0.151. The van der Waals surface area contributed by atoms with Crippen LogP contribution in [0.2, 0.25) is 0 Å². The SMILES string of the molecule is COc1ccc(CC(=O)N2C[C@@H](O)C[C@H]2c2ccc(F)c(F)c2)nc1. The summed E-state index contributed by atoms with van der Waals surface area (Å²) in [5.74, 6) is -1.55. The number of methoxy groups -OCH3 is 1. The highest BCUT2D eigenvalue weighted by atomic mass is 19.2. The van der Waals surface area contributed by atoms with Crippen molar-refractivity contribution < 1.29 is 23.4 Å². The number of benzene rings is 1. The molecule has 1 saturated heterocycles. The Balaban J connectivity index is 1.78. The molecule has 2 heterocycles. The summed E-state index contributed by atoms with van der Waals surface area (Å²) < 4.78 is 31.7. The predicted molar refractivity (Wildman–Crippen MR) is 85.9 cm³/mol. The average Bonchev–Trinajstić information content (AvgIpc) is 3.00. The average molecular weight is 348 g/mol. The van der Waals surface area contributed by atoms with Gasteiger partial charge < -0.3 is 14.7 Å². The molecule has 3 rings (SSSR count). The molecular formula is C18H18F2N2O3. The van der Waals surface area contributed by atoms with Crippen molar-refractivity contribution in [2.45, 2.75) is 25.0 Å². The summed E-state index contributed by atoms with van der Waals surface area (Å²) in [4.78, 5) is 18.3. The van der Waals surface area contributed by atoms with E-state index in [4.69, 9.17) is 4.74 Å². The van der Waals surface area contributed by atoms with Gasteiger partial charge in [0.1, 0.15) is 5.75 Å². The number of halogens is 2. The zero-order valence-electron chi connectivity index (χ0n) is 13.7. The standard InChI is InChI=1S/C18H18F2N2O3/c1-25-14-4-3-12(21-9-14)7-18(24)22-10-13(23)8-17(22)11-2-5-15(19)16(20)6-11/h2-6,9,13,17,23H,7-8,10H2,1H3/t13-,17-/m0/s1. The van der Waals surface area contributed by atoms with Crippen LogP contribution in [0.25, 0.3) is 0 Å². The number of pyridine rings is 1. The Labute approximate surface area is 143 Å². The van der Waals surface area contributed by atoms with Crippen LogP contribution in [0.4, 0.5) is 8.78 Å². The van der Waals surface area contributed by atoms with Gasteiger partial charge >= 0.3 is 0 Å². The van der Waals surface area contributed by atoms with Crippen molar-refractivity contribution in [2.24, 2.45) is 0 Å². The molecule has 0 unspecified atom stereocenters. The summed E-state index contributed by atoms with van der Waals surface area (Å²) in [5, 5.41) is 9.94. The molecule has 0 radical (unpaired) electrons. The Morgan fingerprint density at radius 2 is 2.12 bits per heavy atom. The first kappa shape index (κ1) is 17.3. The van der Waals surface area contributed by atoms with E-state index in [0.29, 0.717) is 17.0 Å². The fraction of sp³-hybridized carbons (Fsp3) is 0.333. The molecule has 1 amide bonds. The molecule has 1 fully saturated rings. The van der Waals surface area contributed by atoms with Gasteiger partial charge in [-0.2, -0.15) is 0 Å². The lowest BCUT2D eigenvalue weighted by molar-refractivity contribution is -0.131. The molecule has 0 saturated carbocycles. The molecule has 132 valence electrons. The number of nitrogens with zero attached hydrogens (tertiary/aromatic N) is 2. The third-order valence-electron chi connectivity index (χ3n) is 4.29. The quantitative estimate of drug-likeness (QED) is 0.921. The second-order valence-corrected chi connectivity index (χ2v) is 5.99. The van der Waals surface area contributed by atoms with E-state index in [1.165, 1.54) is 24.3 Å². The number of rotatable bonds is 4. The predicted octanol–water partition coefficient (Wildman–Crippen LogP) is 2.25. The van der Waals surface area contributed by atoms with Crippen molar-refractivity contribution in [3.63, 3.8) is 0 Å². The highest BCUT2D eigenvalue weighted by molar-refractivity contribution is 5.79. The molecular weight excluding hydrogens is 330 g/mol. The van der Waals surface area contributed by atoms with Gasteiger partial charge in [0.25, 0.3) is 0 Å². The largest absolute Gasteiger partial charge is 0.495 e. The van der Waals surface area contributed by atoms with Crippen LogP contribution >= 0.6 is 0 Å². The van der Waals surface area contributed by atoms with Crippen LogP contribution < -0.4 is 4.74 Å². The zero-order chi connectivity index (χ0) is 18.0. The van der Waals surface area contributed by atoms with Crippen LogP contribution in [-0.2, 0) is 11.2 Å². The molecule has 25 heavy (non-hydrogen) atoms. The molecule has 5 nitrogen and oxygen atoms in total. The minimum absolute atomic E-state index is 0.0525. The Bertz CT molecular complexity index is 767. The second-order valence-electron chi connectivity index (χ2n) is 5.99. The van der Waals surface area contributed by atoms with Gasteiger partial charge in [0.2, 0.25) is 5.91 Å². The van der Waals surface area contributed by atoms with Gasteiger partial charge in [-0.05, 0) is 36.2 Å². The van der Waals surface area contributed by atoms with Crippen LogP contribution in [0.3, 0.4) is 0 Å². The molecule has 1 aromatic carbocycles. The Kier molecular flexibility index (Phi) is 4.94. The van der Waals surface area contributed by atoms with E-state index in [1.54, 1.807) is 12.1 Å². The molecule has 2 aromatic rings. The van der Waals surface area contributed by atoms with Crippen molar-refractivity contribution in [3.05, 3.63) is 59.4 Å². The van der Waals surface area contributed by atoms with Gasteiger partial charge in [-0.3, -0.25) is 9.78 Å². The third-order valence-corrected chi connectivity index (χ3v) is 4.29. The number of likely N-dealkylation sites (tertiary alicyclic amines) is 1. The van der Waals surface area contributed by atoms with E-state index in [9.17, 15) is 18.7 Å². The molecule has 1 aliphatic heterocycles. The number of aliphatic hydroxyl groups is 1. The lowest BCUT2D eigenvalue weighted by atomic mass is 10.0. The lowest BCUT2D eigenvalue weighted by Crippen LogP contribution is -2.33. The summed E-state index contributed by atoms with van der Waals surface area (Å²) in [5.41, 5.74) is 1.03. The molecule has 1 aliphatic rings. The highest BCUT2D eigenvalue weighted by Crippen LogP contribution is 2.33. The number of hydrogen-bond acceptors (Lipinski definition) is 4. The molecule has 0 spiro atoms. The van der Waals surface area contributed by atoms with E-state index in [0.717, 1.165) is 12.1 Å². The maximum absolute atomic E-state index is 13.5. The van der Waals surface area contributed by atoms with E-state index < -0.39 is 23.8 Å². The fourth-order valence-corrected chi connectivity index (χ4v) is 3.02. The van der Waals surface area contributed by atoms with Gasteiger partial charge in [-0.25, -0.2) is 8.78 Å². The maximum atomic E-state index is 13.5. The zero-order valence-corrected chi connectivity index (χ0v) is 13.7. The van der Waals surface area contributed by atoms with Crippen LogP contribution in [0.1, 0.15) is 23.7 Å². The van der Waals surface area contributed by atoms with E-state index >= 15 is 0 Å². The Morgan fingerprint density at radius 3 is 2.76 bits per heavy atom. The smallest absolute Gasteiger partial charge is 0.229 e. The normalized spacial score (nSPS) is 19.9. The first-order valence-electron chi connectivity index (χ1n) is 7.89. The van der Waals surface area contributed by atoms with Gasteiger partial charge in [0.15, 0.2) is 11.6 Å². The first-order valence-corrected chi connectivity index (χ1v) is 7.89. The van der Waals surface area contributed by atoms with Gasteiger partial charge in [0, 0.05) is 12.2 Å². The monoisotopic (exact) mass is 348 g/mol. The number of β-amino-alcohol motifs (C(OH)–C–C–N with tert-alkyl or cyclic N) is 1. The fourth-order valence-electron chi connectivity index (χ4n) is 3.02. The topological polar surface area (TPSA) is 62.7 Å². The number of aliphatic hydroxyl groups excluding tert-OH is 1. The second kappa shape index (κ2) is 7.14. The molecule has 1 aromatic heterocycles. The number of carbonyl (C=O) groups excluding carboxylic acids is 1. The Hall–Kier alpha value is -2.54. The van der Waals surface area contributed by atoms with Gasteiger partial charge in [0.05, 0.1) is 31.9 Å². The molecule has 7 heteroatoms. The third kappa shape index (κ3) is 3.76. The maximum Gasteiger partial charge on any atom is 0.229 e. The van der Waals surface area contributed by atoms with Crippen molar-refractivity contribution in [1.29, 1.82) is 0 Å². The van der Waals surface area contributed by atoms with E-state index in [-0.39, 0.29) is 25.3 Å². The lowest BCUT2D eigenvalue weighted by Gasteiger charge is -2.25. The first-order chi connectivity index (χ1) is 12.0. The minimum atomic E-state index is -0.969. The number of ether oxygens (including phenoxy) is 1. The number of carbonyl (C=O) groups is 1. The van der Waals surface area contributed by atoms with E-state index in [1.807, 2.05) is 0 Å². The van der Waals surface area contributed by atoms with Crippen LogP contribution in [0.15, 0.2) is 36.5 Å². The summed E-state index contributed by atoms with van der Waals surface area (Å²) in [7, 11) is 1.53. The van der Waals surface area contributed by atoms with Crippen LogP contribution in [-0.4, -0.2) is 40.7 Å². The van der Waals surface area contributed by atoms with Crippen molar-refractivity contribution >= 4 is 5.91 Å². The number of aromatic nitrogens is 1. The summed E-state index contributed by atoms with van der Waals surface area (Å²) in [6.07, 6.45) is 1.16. The molecule has 2 atom stereocenters. The van der Waals surface area contributed by atoms with Crippen LogP contribution in [0, 0.1) is 11.6 Å². The molecule has 0 bridgehead atoms. The summed E-state index contributed by atoms with van der Waals surface area (Å²) >= 11 is 0. The molecule has 0 aliphatic carbocycles.